The first-order valence-corrected chi connectivity index (χ1v) is 6.76. The summed E-state index contributed by atoms with van der Waals surface area (Å²) in [6.45, 7) is 0. The highest BCUT2D eigenvalue weighted by molar-refractivity contribution is 9.10. The van der Waals surface area contributed by atoms with Gasteiger partial charge in [0.25, 0.3) is 0 Å². The van der Waals surface area contributed by atoms with Gasteiger partial charge in [-0.1, -0.05) is 18.2 Å². The molecule has 0 aliphatic heterocycles. The lowest BCUT2D eigenvalue weighted by molar-refractivity contribution is 1.28. The van der Waals surface area contributed by atoms with Crippen LogP contribution in [0.2, 0.25) is 0 Å². The summed E-state index contributed by atoms with van der Waals surface area (Å²) in [5, 5.41) is 1.14. The van der Waals surface area contributed by atoms with Gasteiger partial charge in [0.2, 0.25) is 0 Å². The second kappa shape index (κ2) is 4.55. The van der Waals surface area contributed by atoms with E-state index in [0.717, 1.165) is 9.99 Å². The zero-order valence-electron chi connectivity index (χ0n) is 8.88. The molecule has 3 rings (SSSR count). The normalized spacial score (nSPS) is 10.9. The lowest BCUT2D eigenvalue weighted by Gasteiger charge is -2.04. The van der Waals surface area contributed by atoms with Crippen molar-refractivity contribution in [3.05, 3.63) is 59.5 Å². The maximum absolute atomic E-state index is 4.22. The molecule has 0 unspecified atom stereocenters. The average molecular weight is 305 g/mol. The van der Waals surface area contributed by atoms with E-state index in [9.17, 15) is 0 Å². The molecule has 0 atom stereocenters. The van der Waals surface area contributed by atoms with Crippen LogP contribution < -0.4 is 0 Å². The standard InChI is InChI=1S/C13H9BrN2S/c14-13-11-7-9-16(12(11)6-8-15-13)17-10-4-2-1-3-5-10/h1-9H. The third-order valence-electron chi connectivity index (χ3n) is 2.48. The quantitative estimate of drug-likeness (QED) is 0.655. The molecule has 0 bridgehead atoms. The number of hydrogen-bond acceptors (Lipinski definition) is 2. The number of rotatable bonds is 2. The topological polar surface area (TPSA) is 17.8 Å². The van der Waals surface area contributed by atoms with Crippen LogP contribution in [0.1, 0.15) is 0 Å². The Balaban J connectivity index is 2.05. The monoisotopic (exact) mass is 304 g/mol. The van der Waals surface area contributed by atoms with Crippen LogP contribution in [0.25, 0.3) is 10.9 Å². The van der Waals surface area contributed by atoms with Crippen molar-refractivity contribution in [1.29, 1.82) is 0 Å². The Labute approximate surface area is 112 Å². The van der Waals surface area contributed by atoms with E-state index < -0.39 is 0 Å². The predicted molar refractivity (Wildman–Crippen MR) is 75.1 cm³/mol. The molecular weight excluding hydrogens is 296 g/mol. The van der Waals surface area contributed by atoms with Gasteiger partial charge in [-0.05, 0) is 52.1 Å². The Morgan fingerprint density at radius 1 is 1.06 bits per heavy atom. The second-order valence-corrected chi connectivity index (χ2v) is 5.38. The molecule has 0 saturated heterocycles. The fourth-order valence-corrected chi connectivity index (χ4v) is 3.02. The summed E-state index contributed by atoms with van der Waals surface area (Å²) in [4.78, 5) is 5.44. The third-order valence-corrected chi connectivity index (χ3v) is 4.11. The van der Waals surface area contributed by atoms with Gasteiger partial charge in [0.15, 0.2) is 0 Å². The number of halogens is 1. The van der Waals surface area contributed by atoms with Gasteiger partial charge in [0.1, 0.15) is 4.60 Å². The molecule has 17 heavy (non-hydrogen) atoms. The van der Waals surface area contributed by atoms with E-state index in [1.807, 2.05) is 30.5 Å². The van der Waals surface area contributed by atoms with Crippen molar-refractivity contribution in [1.82, 2.24) is 8.96 Å². The summed E-state index contributed by atoms with van der Waals surface area (Å²) < 4.78 is 3.04. The molecule has 1 aromatic carbocycles. The van der Waals surface area contributed by atoms with Gasteiger partial charge in [-0.25, -0.2) is 4.98 Å². The number of pyridine rings is 1. The van der Waals surface area contributed by atoms with Gasteiger partial charge in [0, 0.05) is 22.7 Å². The third kappa shape index (κ3) is 2.10. The molecule has 3 aromatic rings. The van der Waals surface area contributed by atoms with E-state index >= 15 is 0 Å². The summed E-state index contributed by atoms with van der Waals surface area (Å²) >= 11 is 5.16. The highest BCUT2D eigenvalue weighted by Gasteiger charge is 2.05. The SMILES string of the molecule is Brc1nccc2c1ccn2Sc1ccccc1. The van der Waals surface area contributed by atoms with Crippen LogP contribution in [0.15, 0.2) is 64.4 Å². The molecule has 0 aliphatic rings. The number of nitrogens with zero attached hydrogens (tertiary/aromatic N) is 2. The maximum atomic E-state index is 4.22. The molecule has 84 valence electrons. The molecule has 0 radical (unpaired) electrons. The van der Waals surface area contributed by atoms with Crippen LogP contribution in [-0.2, 0) is 0 Å². The van der Waals surface area contributed by atoms with E-state index in [-0.39, 0.29) is 0 Å². The number of benzene rings is 1. The van der Waals surface area contributed by atoms with Crippen molar-refractivity contribution in [2.24, 2.45) is 0 Å². The van der Waals surface area contributed by atoms with Crippen molar-refractivity contribution in [2.75, 3.05) is 0 Å². The lowest BCUT2D eigenvalue weighted by Crippen LogP contribution is -1.84. The fourth-order valence-electron chi connectivity index (χ4n) is 1.68. The molecule has 4 heteroatoms. The highest BCUT2D eigenvalue weighted by Crippen LogP contribution is 2.29. The zero-order valence-corrected chi connectivity index (χ0v) is 11.3. The highest BCUT2D eigenvalue weighted by atomic mass is 79.9. The number of hydrogen-bond donors (Lipinski definition) is 0. The first-order chi connectivity index (χ1) is 8.34. The minimum absolute atomic E-state index is 0.891. The van der Waals surface area contributed by atoms with Gasteiger partial charge < -0.3 is 0 Å². The molecule has 2 aromatic heterocycles. The van der Waals surface area contributed by atoms with Crippen LogP contribution in [-0.4, -0.2) is 8.96 Å². The maximum Gasteiger partial charge on any atom is 0.115 e. The van der Waals surface area contributed by atoms with Gasteiger partial charge in [-0.15, -0.1) is 0 Å². The van der Waals surface area contributed by atoms with E-state index in [1.54, 1.807) is 11.9 Å². The smallest absolute Gasteiger partial charge is 0.115 e. The average Bonchev–Trinajstić information content (AvgIpc) is 2.76. The molecule has 0 fully saturated rings. The molecule has 2 heterocycles. The summed E-state index contributed by atoms with van der Waals surface area (Å²) in [7, 11) is 0. The first-order valence-electron chi connectivity index (χ1n) is 5.19. The molecule has 0 spiro atoms. The molecule has 0 N–H and O–H groups in total. The Kier molecular flexibility index (Phi) is 2.91. The van der Waals surface area contributed by atoms with Crippen LogP contribution in [0.5, 0.6) is 0 Å². The van der Waals surface area contributed by atoms with Gasteiger partial charge in [-0.3, -0.25) is 3.97 Å². The van der Waals surface area contributed by atoms with Crippen molar-refractivity contribution in [2.45, 2.75) is 4.90 Å². The fraction of sp³-hybridized carbons (Fsp3) is 0. The van der Waals surface area contributed by atoms with E-state index in [0.29, 0.717) is 0 Å². The van der Waals surface area contributed by atoms with Crippen LogP contribution in [0.3, 0.4) is 0 Å². The summed E-state index contributed by atoms with van der Waals surface area (Å²) in [6, 6.07) is 14.4. The first kappa shape index (κ1) is 10.9. The van der Waals surface area contributed by atoms with E-state index in [1.165, 1.54) is 10.4 Å². The van der Waals surface area contributed by atoms with Gasteiger partial charge in [-0.2, -0.15) is 0 Å². The number of aromatic nitrogens is 2. The Morgan fingerprint density at radius 2 is 1.88 bits per heavy atom. The molecule has 0 amide bonds. The van der Waals surface area contributed by atoms with Crippen LogP contribution >= 0.6 is 27.9 Å². The summed E-state index contributed by atoms with van der Waals surface area (Å²) in [5.41, 5.74) is 1.17. The Morgan fingerprint density at radius 3 is 2.71 bits per heavy atom. The van der Waals surface area contributed by atoms with Crippen molar-refractivity contribution in [3.63, 3.8) is 0 Å². The van der Waals surface area contributed by atoms with E-state index in [2.05, 4.69) is 49.3 Å². The minimum Gasteiger partial charge on any atom is -0.287 e. The second-order valence-electron chi connectivity index (χ2n) is 3.58. The Hall–Kier alpha value is -1.26. The molecule has 0 aliphatic carbocycles. The van der Waals surface area contributed by atoms with Crippen molar-refractivity contribution in [3.8, 4) is 0 Å². The van der Waals surface area contributed by atoms with Crippen LogP contribution in [0.4, 0.5) is 0 Å². The molecular formula is C13H9BrN2S. The van der Waals surface area contributed by atoms with Crippen molar-refractivity contribution >= 4 is 38.8 Å². The van der Waals surface area contributed by atoms with Gasteiger partial charge in [0.05, 0.1) is 5.52 Å². The van der Waals surface area contributed by atoms with Crippen LogP contribution in [0, 0.1) is 0 Å². The minimum atomic E-state index is 0.891. The lowest BCUT2D eigenvalue weighted by atomic mass is 10.3. The largest absolute Gasteiger partial charge is 0.287 e. The summed E-state index contributed by atoms with van der Waals surface area (Å²) in [5.74, 6) is 0. The zero-order chi connectivity index (χ0) is 11.7. The van der Waals surface area contributed by atoms with Gasteiger partial charge >= 0.3 is 0 Å². The molecule has 0 saturated carbocycles. The van der Waals surface area contributed by atoms with E-state index in [4.69, 9.17) is 0 Å². The number of fused-ring (bicyclic) bond motifs is 1. The Bertz CT molecular complexity index is 649. The van der Waals surface area contributed by atoms with Crippen molar-refractivity contribution < 1.29 is 0 Å². The predicted octanol–water partition coefficient (Wildman–Crippen LogP) is 4.35. The molecule has 2 nitrogen and oxygen atoms in total. The summed E-state index contributed by atoms with van der Waals surface area (Å²) in [6.07, 6.45) is 3.88.